The molecule has 0 aliphatic rings. The van der Waals surface area contributed by atoms with Gasteiger partial charge in [0, 0.05) is 230 Å². The van der Waals surface area contributed by atoms with Crippen LogP contribution in [0.3, 0.4) is 0 Å². The van der Waals surface area contributed by atoms with Crippen LogP contribution in [0.25, 0.3) is 292 Å². The van der Waals surface area contributed by atoms with Gasteiger partial charge in [-0.05, 0) is 137 Å². The van der Waals surface area contributed by atoms with E-state index in [9.17, 15) is 0 Å². The third-order valence-electron chi connectivity index (χ3n) is 27.8. The zero-order chi connectivity index (χ0) is 92.7. The summed E-state index contributed by atoms with van der Waals surface area (Å²) in [5.41, 5.74) is 27.6. The van der Waals surface area contributed by atoms with Crippen LogP contribution < -0.4 is 0 Å². The maximum atomic E-state index is 5.27. The molecule has 14 aromatic heterocycles. The van der Waals surface area contributed by atoms with Crippen LogP contribution in [0.5, 0.6) is 0 Å². The lowest BCUT2D eigenvalue weighted by Crippen LogP contribution is -1.92. The van der Waals surface area contributed by atoms with Crippen molar-refractivity contribution in [1.29, 1.82) is 0 Å². The zero-order valence-electron chi connectivity index (χ0n) is 75.3. The molecule has 0 N–H and O–H groups in total. The molecule has 0 amide bonds. The van der Waals surface area contributed by atoms with Crippen molar-refractivity contribution in [3.05, 3.63) is 444 Å². The van der Waals surface area contributed by atoms with Crippen molar-refractivity contribution in [2.75, 3.05) is 0 Å². The standard InChI is InChI=1S/C43H25N3S.2C42H24N4S/c1-3-12-37-35(11-1)39-36(21-20-34-32-10-2-4-13-38(32)47-43(34)39)40(46-37)30-8-5-7-29(25-30)26-14-16-27(17-15-26)31-22-24-45-42-33(31)19-18-28-9-6-23-44-41(28)42;1-3-12-36-33(11-1)38-34(18-17-32-30-10-2-4-13-37(30)47-42(32)38)39(46-36)27-8-5-7-26(23-27)35-19-15-28(24-45-35)29-20-22-44-41-31(29)16-14-25-9-6-21-43-40(25)41;1-3-12-36-33(11-1)38-34(18-17-32-30-10-2-4-13-37(30)47-42(32)38)39(46-36)27-8-5-7-26(23-27)28-15-19-35(45-24-28)29-20-22-44-41-31(29)16-14-25-9-6-21-43-40(25)41/h1-25H;2*1-24H. The molecule has 0 saturated heterocycles. The van der Waals surface area contributed by atoms with Crippen LogP contribution in [0.2, 0.25) is 0 Å². The molecule has 654 valence electrons. The first-order valence-electron chi connectivity index (χ1n) is 47.0. The highest BCUT2D eigenvalue weighted by Crippen LogP contribution is 2.50. The van der Waals surface area contributed by atoms with Gasteiger partial charge in [-0.3, -0.25) is 39.9 Å². The molecular weight excluding hydrogens is 1780 g/mol. The average molecular weight is 1850 g/mol. The summed E-state index contributed by atoms with van der Waals surface area (Å²) in [5.74, 6) is 0. The topological polar surface area (TPSA) is 142 Å². The second-order valence-electron chi connectivity index (χ2n) is 35.7. The summed E-state index contributed by atoms with van der Waals surface area (Å²) in [7, 11) is 0. The molecule has 141 heavy (non-hydrogen) atoms. The second kappa shape index (κ2) is 33.4. The van der Waals surface area contributed by atoms with Crippen molar-refractivity contribution >= 4 is 225 Å². The van der Waals surface area contributed by atoms with Crippen molar-refractivity contribution in [1.82, 2.24) is 54.8 Å². The molecule has 0 saturated carbocycles. The lowest BCUT2D eigenvalue weighted by Gasteiger charge is -2.13. The third kappa shape index (κ3) is 13.8. The predicted octanol–water partition coefficient (Wildman–Crippen LogP) is 34.3. The fraction of sp³-hybridized carbons (Fsp3) is 0. The van der Waals surface area contributed by atoms with Crippen LogP contribution >= 0.6 is 34.0 Å². The van der Waals surface area contributed by atoms with E-state index in [1.165, 1.54) is 104 Å². The smallest absolute Gasteiger partial charge is 0.0971 e. The number of pyridine rings is 11. The molecule has 0 aliphatic heterocycles. The Kier molecular flexibility index (Phi) is 19.3. The molecule has 0 unspecified atom stereocenters. The van der Waals surface area contributed by atoms with Crippen molar-refractivity contribution in [2.24, 2.45) is 0 Å². The van der Waals surface area contributed by atoms with E-state index in [0.29, 0.717) is 0 Å². The first-order chi connectivity index (χ1) is 69.9. The molecule has 14 heterocycles. The van der Waals surface area contributed by atoms with E-state index in [0.717, 1.165) is 188 Å². The van der Waals surface area contributed by atoms with Crippen molar-refractivity contribution in [3.8, 4) is 101 Å². The summed E-state index contributed by atoms with van der Waals surface area (Å²) < 4.78 is 7.87. The number of hydrogen-bond acceptors (Lipinski definition) is 14. The Balaban J connectivity index is 0.000000104. The fourth-order valence-corrected chi connectivity index (χ4v) is 24.9. The van der Waals surface area contributed by atoms with E-state index in [-0.39, 0.29) is 0 Å². The SMILES string of the molecule is c1cc(-c2ccc(-c3ccnc4c3ccc3cccnc34)cc2)cc(-c2nc3ccccc3c3c2ccc2c4ccccc4sc23)c1.c1cc(-c2ccc(-c3ccnc4c3ccc3cccnc34)cn2)cc(-c2nc3ccccc3c3c2ccc2c4ccccc4sc23)c1.c1cc(-c2ccc(-c3ccnc4c3ccc3cccnc34)nc2)cc(-c2nc3ccccc3c3c2ccc2c4ccccc4sc23)c1. The summed E-state index contributed by atoms with van der Waals surface area (Å²) in [6.07, 6.45) is 15.0. The fourth-order valence-electron chi connectivity index (χ4n) is 21.1. The van der Waals surface area contributed by atoms with E-state index in [1.807, 2.05) is 108 Å². The van der Waals surface area contributed by atoms with Crippen LogP contribution in [0, 0.1) is 0 Å². The van der Waals surface area contributed by atoms with Gasteiger partial charge in [-0.2, -0.15) is 0 Å². The first kappa shape index (κ1) is 81.3. The summed E-state index contributed by atoms with van der Waals surface area (Å²) in [5, 5.41) is 25.2. The molecular formula is C127H73N11S3. The van der Waals surface area contributed by atoms with Crippen LogP contribution in [0.15, 0.2) is 444 Å². The van der Waals surface area contributed by atoms with Gasteiger partial charge < -0.3 is 0 Å². The van der Waals surface area contributed by atoms with Gasteiger partial charge in [-0.1, -0.05) is 291 Å². The average Bonchev–Trinajstić information content (AvgIpc) is 1.66. The Bertz CT molecular complexity index is 9500. The van der Waals surface area contributed by atoms with Gasteiger partial charge in [0.2, 0.25) is 0 Å². The summed E-state index contributed by atoms with van der Waals surface area (Å²) >= 11 is 5.61. The Hall–Kier alpha value is -18.1. The molecule has 30 rings (SSSR count). The second-order valence-corrected chi connectivity index (χ2v) is 38.8. The van der Waals surface area contributed by atoms with E-state index in [4.69, 9.17) is 29.9 Å². The number of hydrogen-bond donors (Lipinski definition) is 0. The van der Waals surface area contributed by atoms with Gasteiger partial charge in [0.15, 0.2) is 0 Å². The van der Waals surface area contributed by atoms with Crippen LogP contribution in [0.4, 0.5) is 0 Å². The highest BCUT2D eigenvalue weighted by atomic mass is 32.1. The van der Waals surface area contributed by atoms with Gasteiger partial charge >= 0.3 is 0 Å². The molecule has 0 aliphatic carbocycles. The molecule has 0 atom stereocenters. The Morgan fingerprint density at radius 1 is 0.163 bits per heavy atom. The van der Waals surface area contributed by atoms with Crippen molar-refractivity contribution in [3.63, 3.8) is 0 Å². The van der Waals surface area contributed by atoms with E-state index >= 15 is 0 Å². The monoisotopic (exact) mass is 1850 g/mol. The molecule has 11 nitrogen and oxygen atoms in total. The number of fused-ring (bicyclic) bond motifs is 30. The van der Waals surface area contributed by atoms with Crippen molar-refractivity contribution < 1.29 is 0 Å². The maximum Gasteiger partial charge on any atom is 0.0971 e. The largest absolute Gasteiger partial charge is 0.256 e. The maximum absolute atomic E-state index is 5.27. The zero-order valence-corrected chi connectivity index (χ0v) is 77.7. The number of aromatic nitrogens is 11. The minimum atomic E-state index is 0.891. The molecule has 0 bridgehead atoms. The van der Waals surface area contributed by atoms with E-state index in [2.05, 4.69) is 395 Å². The summed E-state index contributed by atoms with van der Waals surface area (Å²) in [4.78, 5) is 53.5. The lowest BCUT2D eigenvalue weighted by molar-refractivity contribution is 1.32. The summed E-state index contributed by atoms with van der Waals surface area (Å²) in [6, 6.07) is 140. The van der Waals surface area contributed by atoms with Crippen LogP contribution in [-0.4, -0.2) is 54.8 Å². The first-order valence-corrected chi connectivity index (χ1v) is 49.5. The van der Waals surface area contributed by atoms with E-state index in [1.54, 1.807) is 0 Å². The number of para-hydroxylation sites is 3. The predicted molar refractivity (Wildman–Crippen MR) is 593 cm³/mol. The van der Waals surface area contributed by atoms with Gasteiger partial charge in [0.25, 0.3) is 0 Å². The molecule has 0 spiro atoms. The Labute approximate surface area is 818 Å². The highest BCUT2D eigenvalue weighted by Gasteiger charge is 2.24. The normalized spacial score (nSPS) is 11.8. The van der Waals surface area contributed by atoms with Crippen molar-refractivity contribution in [2.45, 2.75) is 0 Å². The van der Waals surface area contributed by atoms with Gasteiger partial charge in [0.05, 0.1) is 78.1 Å². The Morgan fingerprint density at radius 2 is 0.482 bits per heavy atom. The third-order valence-corrected chi connectivity index (χ3v) is 31.4. The number of rotatable bonds is 9. The number of benzene rings is 16. The van der Waals surface area contributed by atoms with E-state index < -0.39 is 0 Å². The Morgan fingerprint density at radius 3 is 0.908 bits per heavy atom. The minimum absolute atomic E-state index is 0.891. The van der Waals surface area contributed by atoms with Crippen LogP contribution in [0.1, 0.15) is 0 Å². The van der Waals surface area contributed by atoms with Gasteiger partial charge in [-0.25, -0.2) is 15.0 Å². The van der Waals surface area contributed by atoms with Gasteiger partial charge in [-0.15, -0.1) is 34.0 Å². The lowest BCUT2D eigenvalue weighted by atomic mass is 9.95. The molecule has 0 radical (unpaired) electrons. The molecule has 16 aromatic carbocycles. The quantitative estimate of drug-likeness (QED) is 0.127. The molecule has 14 heteroatoms. The number of thiophene rings is 3. The van der Waals surface area contributed by atoms with Crippen LogP contribution in [-0.2, 0) is 0 Å². The number of nitrogens with zero attached hydrogens (tertiary/aromatic N) is 11. The molecule has 30 aromatic rings. The minimum Gasteiger partial charge on any atom is -0.256 e. The summed E-state index contributed by atoms with van der Waals surface area (Å²) in [6.45, 7) is 0. The van der Waals surface area contributed by atoms with Gasteiger partial charge in [0.1, 0.15) is 0 Å². The highest BCUT2D eigenvalue weighted by molar-refractivity contribution is 7.27. The molecule has 0 fully saturated rings.